The maximum atomic E-state index is 14.3. The van der Waals surface area contributed by atoms with E-state index in [1.807, 2.05) is 12.1 Å². The van der Waals surface area contributed by atoms with Crippen molar-refractivity contribution in [2.45, 2.75) is 25.4 Å². The molecule has 136 valence electrons. The highest BCUT2D eigenvalue weighted by Crippen LogP contribution is 2.40. The average molecular weight is 356 g/mol. The maximum absolute atomic E-state index is 14.3. The van der Waals surface area contributed by atoms with Gasteiger partial charge in [-0.2, -0.15) is 0 Å². The van der Waals surface area contributed by atoms with Gasteiger partial charge in [0, 0.05) is 49.1 Å². The van der Waals surface area contributed by atoms with E-state index in [0.29, 0.717) is 37.5 Å². The van der Waals surface area contributed by atoms with E-state index in [4.69, 9.17) is 9.47 Å². The second-order valence-electron chi connectivity index (χ2n) is 6.71. The first kappa shape index (κ1) is 17.0. The summed E-state index contributed by atoms with van der Waals surface area (Å²) in [5, 5.41) is 2.96. The average Bonchev–Trinajstić information content (AvgIpc) is 3.13. The summed E-state index contributed by atoms with van der Waals surface area (Å²) >= 11 is 0. The van der Waals surface area contributed by atoms with Gasteiger partial charge in [-0.25, -0.2) is 4.39 Å². The normalized spacial score (nSPS) is 19.7. The Balaban J connectivity index is 1.45. The van der Waals surface area contributed by atoms with Crippen molar-refractivity contribution in [3.8, 4) is 16.9 Å². The number of aromatic nitrogens is 1. The molecule has 1 amide bonds. The molecule has 2 aliphatic heterocycles. The summed E-state index contributed by atoms with van der Waals surface area (Å²) in [7, 11) is 0. The second-order valence-corrected chi connectivity index (χ2v) is 6.71. The van der Waals surface area contributed by atoms with Crippen LogP contribution in [0.3, 0.4) is 0 Å². The molecule has 0 spiro atoms. The molecule has 1 fully saturated rings. The fraction of sp³-hybridized carbons (Fsp3) is 0.400. The van der Waals surface area contributed by atoms with Gasteiger partial charge >= 0.3 is 0 Å². The summed E-state index contributed by atoms with van der Waals surface area (Å²) in [6.45, 7) is 1.63. The number of carbonyl (C=O) groups excluding carboxylic acids is 1. The summed E-state index contributed by atoms with van der Waals surface area (Å²) in [4.78, 5) is 16.3. The van der Waals surface area contributed by atoms with Crippen LogP contribution in [0.15, 0.2) is 36.7 Å². The van der Waals surface area contributed by atoms with Crippen molar-refractivity contribution >= 4 is 5.91 Å². The number of nitrogens with one attached hydrogen (secondary N) is 1. The Morgan fingerprint density at radius 2 is 1.96 bits per heavy atom. The van der Waals surface area contributed by atoms with Gasteiger partial charge in [0.25, 0.3) is 0 Å². The molecule has 0 bridgehead atoms. The lowest BCUT2D eigenvalue weighted by Crippen LogP contribution is -2.39. The molecule has 2 aliphatic rings. The number of ether oxygens (including phenoxy) is 2. The molecule has 1 N–H and O–H groups in total. The van der Waals surface area contributed by atoms with Crippen LogP contribution in [-0.4, -0.2) is 36.8 Å². The first-order chi connectivity index (χ1) is 12.7. The predicted molar refractivity (Wildman–Crippen MR) is 94.3 cm³/mol. The largest absolute Gasteiger partial charge is 0.487 e. The summed E-state index contributed by atoms with van der Waals surface area (Å²) in [5.41, 5.74) is 2.36. The van der Waals surface area contributed by atoms with Crippen LogP contribution in [0.2, 0.25) is 0 Å². The Morgan fingerprint density at radius 1 is 1.19 bits per heavy atom. The molecule has 1 atom stereocenters. The zero-order valence-corrected chi connectivity index (χ0v) is 14.4. The molecule has 4 rings (SSSR count). The standard InChI is InChI=1S/C20H21FN2O3/c21-18-2-1-16(13-3-7-22-8-4-13)19-17(18)11-15(26-19)12-23-20(24)14-5-9-25-10-6-14/h1-4,7-8,14-15H,5-6,9-12H2,(H,23,24). The SMILES string of the molecule is O=C(NCC1Cc2c(F)ccc(-c3ccncc3)c2O1)C1CCOCC1. The quantitative estimate of drug-likeness (QED) is 0.915. The molecule has 6 heteroatoms. The van der Waals surface area contributed by atoms with Gasteiger partial charge < -0.3 is 14.8 Å². The van der Waals surface area contributed by atoms with Crippen LogP contribution in [0.5, 0.6) is 5.75 Å². The molecule has 1 saturated heterocycles. The third-order valence-corrected chi connectivity index (χ3v) is 5.01. The van der Waals surface area contributed by atoms with E-state index < -0.39 is 0 Å². The molecule has 3 heterocycles. The third-order valence-electron chi connectivity index (χ3n) is 5.01. The summed E-state index contributed by atoms with van der Waals surface area (Å²) in [6.07, 6.45) is 5.09. The van der Waals surface area contributed by atoms with Gasteiger partial charge in [-0.15, -0.1) is 0 Å². The lowest BCUT2D eigenvalue weighted by molar-refractivity contribution is -0.128. The summed E-state index contributed by atoms with van der Waals surface area (Å²) in [6, 6.07) is 6.95. The molecule has 5 nitrogen and oxygen atoms in total. The van der Waals surface area contributed by atoms with E-state index in [-0.39, 0.29) is 23.7 Å². The lowest BCUT2D eigenvalue weighted by Gasteiger charge is -2.22. The van der Waals surface area contributed by atoms with E-state index in [1.54, 1.807) is 18.5 Å². The fourth-order valence-corrected chi connectivity index (χ4v) is 3.56. The van der Waals surface area contributed by atoms with Gasteiger partial charge in [-0.3, -0.25) is 9.78 Å². The molecule has 0 aliphatic carbocycles. The Bertz CT molecular complexity index is 791. The van der Waals surface area contributed by atoms with E-state index in [0.717, 1.165) is 24.0 Å². The number of hydrogen-bond acceptors (Lipinski definition) is 4. The molecule has 0 saturated carbocycles. The van der Waals surface area contributed by atoms with Gasteiger partial charge in [0.2, 0.25) is 5.91 Å². The number of rotatable bonds is 4. The zero-order valence-electron chi connectivity index (χ0n) is 14.4. The van der Waals surface area contributed by atoms with Crippen molar-refractivity contribution in [1.82, 2.24) is 10.3 Å². The minimum Gasteiger partial charge on any atom is -0.487 e. The van der Waals surface area contributed by atoms with Crippen molar-refractivity contribution in [3.63, 3.8) is 0 Å². The van der Waals surface area contributed by atoms with E-state index >= 15 is 0 Å². The summed E-state index contributed by atoms with van der Waals surface area (Å²) in [5.74, 6) is 0.330. The number of pyridine rings is 1. The highest BCUT2D eigenvalue weighted by atomic mass is 19.1. The van der Waals surface area contributed by atoms with Crippen LogP contribution >= 0.6 is 0 Å². The van der Waals surface area contributed by atoms with Crippen LogP contribution in [0, 0.1) is 11.7 Å². The maximum Gasteiger partial charge on any atom is 0.223 e. The highest BCUT2D eigenvalue weighted by Gasteiger charge is 2.30. The third kappa shape index (κ3) is 3.42. The predicted octanol–water partition coefficient (Wildman–Crippen LogP) is 2.73. The molecule has 1 unspecified atom stereocenters. The number of fused-ring (bicyclic) bond motifs is 1. The lowest BCUT2D eigenvalue weighted by atomic mass is 9.99. The van der Waals surface area contributed by atoms with Gasteiger partial charge in [-0.1, -0.05) is 0 Å². The molecule has 0 radical (unpaired) electrons. The highest BCUT2D eigenvalue weighted by molar-refractivity contribution is 5.78. The Morgan fingerprint density at radius 3 is 2.73 bits per heavy atom. The van der Waals surface area contributed by atoms with Crippen molar-refractivity contribution in [2.24, 2.45) is 5.92 Å². The van der Waals surface area contributed by atoms with Gasteiger partial charge in [-0.05, 0) is 42.7 Å². The number of carbonyl (C=O) groups is 1. The van der Waals surface area contributed by atoms with Crippen LogP contribution in [0.4, 0.5) is 4.39 Å². The van der Waals surface area contributed by atoms with Crippen LogP contribution in [0.25, 0.3) is 11.1 Å². The Labute approximate surface area is 151 Å². The number of hydrogen-bond donors (Lipinski definition) is 1. The first-order valence-electron chi connectivity index (χ1n) is 8.96. The van der Waals surface area contributed by atoms with Crippen LogP contribution < -0.4 is 10.1 Å². The van der Waals surface area contributed by atoms with Gasteiger partial charge in [0.05, 0.1) is 6.54 Å². The topological polar surface area (TPSA) is 60.5 Å². The van der Waals surface area contributed by atoms with Gasteiger partial charge in [0.15, 0.2) is 0 Å². The minimum absolute atomic E-state index is 0.00311. The Hall–Kier alpha value is -2.47. The Kier molecular flexibility index (Phi) is 4.84. The van der Waals surface area contributed by atoms with Crippen LogP contribution in [0.1, 0.15) is 18.4 Å². The van der Waals surface area contributed by atoms with Crippen molar-refractivity contribution in [3.05, 3.63) is 48.0 Å². The number of amides is 1. The summed E-state index contributed by atoms with van der Waals surface area (Å²) < 4.78 is 25.6. The monoisotopic (exact) mass is 356 g/mol. The molecular formula is C20H21FN2O3. The van der Waals surface area contributed by atoms with Crippen LogP contribution in [-0.2, 0) is 16.0 Å². The van der Waals surface area contributed by atoms with Crippen molar-refractivity contribution < 1.29 is 18.7 Å². The fourth-order valence-electron chi connectivity index (χ4n) is 3.56. The molecule has 1 aromatic heterocycles. The van der Waals surface area contributed by atoms with Crippen molar-refractivity contribution in [2.75, 3.05) is 19.8 Å². The first-order valence-corrected chi connectivity index (χ1v) is 8.96. The van der Waals surface area contributed by atoms with Crippen molar-refractivity contribution in [1.29, 1.82) is 0 Å². The molecule has 1 aromatic carbocycles. The second kappa shape index (κ2) is 7.41. The zero-order chi connectivity index (χ0) is 17.9. The number of benzene rings is 1. The minimum atomic E-state index is -0.268. The van der Waals surface area contributed by atoms with E-state index in [2.05, 4.69) is 10.3 Å². The number of nitrogens with zero attached hydrogens (tertiary/aromatic N) is 1. The van der Waals surface area contributed by atoms with E-state index in [9.17, 15) is 9.18 Å². The van der Waals surface area contributed by atoms with E-state index in [1.165, 1.54) is 6.07 Å². The molecule has 2 aromatic rings. The molecule has 26 heavy (non-hydrogen) atoms. The smallest absolute Gasteiger partial charge is 0.223 e. The number of halogens is 1. The van der Waals surface area contributed by atoms with Gasteiger partial charge in [0.1, 0.15) is 17.7 Å². The molecular weight excluding hydrogens is 335 g/mol.